The molecule has 0 amide bonds. The van der Waals surface area contributed by atoms with Gasteiger partial charge in [0.2, 0.25) is 11.0 Å². The van der Waals surface area contributed by atoms with E-state index in [2.05, 4.69) is 16.8 Å². The Morgan fingerprint density at radius 3 is 1.40 bits per heavy atom. The minimum atomic E-state index is -5.08. The van der Waals surface area contributed by atoms with Gasteiger partial charge in [-0.25, -0.2) is 8.78 Å². The van der Waals surface area contributed by atoms with E-state index in [-0.39, 0.29) is 0 Å². The van der Waals surface area contributed by atoms with Gasteiger partial charge in [0, 0.05) is 0 Å². The first-order valence-corrected chi connectivity index (χ1v) is 6.33. The summed E-state index contributed by atoms with van der Waals surface area (Å²) in [6.07, 6.45) is 0.595. The molecule has 9 heteroatoms. The molecule has 2 unspecified atom stereocenters. The lowest BCUT2D eigenvalue weighted by atomic mass is 10.7. The van der Waals surface area contributed by atoms with Crippen LogP contribution in [-0.2, 0) is 23.9 Å². The molecule has 0 spiro atoms. The molecule has 0 fully saturated rings. The SMILES string of the molecule is C=CC(F)S(=O)(=O)OS(=O)(=O)C(F)C=C. The van der Waals surface area contributed by atoms with E-state index in [0.717, 1.165) is 0 Å². The first kappa shape index (κ1) is 14.2. The number of alkyl halides is 2. The van der Waals surface area contributed by atoms with Crippen LogP contribution in [0.1, 0.15) is 0 Å². The van der Waals surface area contributed by atoms with E-state index < -0.39 is 31.2 Å². The van der Waals surface area contributed by atoms with E-state index in [9.17, 15) is 25.6 Å². The zero-order valence-electron chi connectivity index (χ0n) is 7.34. The molecule has 0 bridgehead atoms. The van der Waals surface area contributed by atoms with E-state index in [4.69, 9.17) is 0 Å². The Labute approximate surface area is 86.3 Å². The Morgan fingerprint density at radius 2 is 1.20 bits per heavy atom. The normalized spacial score (nSPS) is 16.7. The van der Waals surface area contributed by atoms with Gasteiger partial charge in [-0.15, -0.1) is 3.63 Å². The summed E-state index contributed by atoms with van der Waals surface area (Å²) in [4.78, 5) is 0. The van der Waals surface area contributed by atoms with Crippen molar-refractivity contribution in [3.8, 4) is 0 Å². The molecule has 5 nitrogen and oxygen atoms in total. The van der Waals surface area contributed by atoms with E-state index in [1.54, 1.807) is 0 Å². The first-order chi connectivity index (χ1) is 6.67. The van der Waals surface area contributed by atoms with Gasteiger partial charge in [-0.2, -0.15) is 16.8 Å². The molecule has 0 aromatic heterocycles. The number of hydrogen-bond donors (Lipinski definition) is 0. The van der Waals surface area contributed by atoms with Crippen LogP contribution in [0.4, 0.5) is 8.78 Å². The Bertz CT molecular complexity index is 396. The molecular formula is C6H8F2O5S2. The average molecular weight is 262 g/mol. The highest BCUT2D eigenvalue weighted by Crippen LogP contribution is 2.15. The lowest BCUT2D eigenvalue weighted by molar-refractivity contribution is 0.385. The lowest BCUT2D eigenvalue weighted by Gasteiger charge is -2.07. The molecule has 0 aromatic rings. The smallest absolute Gasteiger partial charge is 0.223 e. The van der Waals surface area contributed by atoms with Gasteiger partial charge in [0.15, 0.2) is 0 Å². The van der Waals surface area contributed by atoms with Crippen LogP contribution in [0.3, 0.4) is 0 Å². The largest absolute Gasteiger partial charge is 0.318 e. The predicted molar refractivity (Wildman–Crippen MR) is 49.1 cm³/mol. The zero-order chi connectivity index (χ0) is 12.3. The zero-order valence-corrected chi connectivity index (χ0v) is 8.97. The fourth-order valence-electron chi connectivity index (χ4n) is 0.443. The van der Waals surface area contributed by atoms with Crippen LogP contribution in [0, 0.1) is 0 Å². The second kappa shape index (κ2) is 4.81. The van der Waals surface area contributed by atoms with Gasteiger partial charge in [-0.1, -0.05) is 13.2 Å². The fourth-order valence-corrected chi connectivity index (χ4v) is 2.57. The molecule has 88 valence electrons. The highest BCUT2D eigenvalue weighted by Gasteiger charge is 2.34. The van der Waals surface area contributed by atoms with Gasteiger partial charge in [0.05, 0.1) is 0 Å². The highest BCUT2D eigenvalue weighted by atomic mass is 32.3. The summed E-state index contributed by atoms with van der Waals surface area (Å²) in [6.45, 7) is 5.56. The molecule has 0 radical (unpaired) electrons. The number of rotatable bonds is 6. The lowest BCUT2D eigenvalue weighted by Crippen LogP contribution is -2.25. The molecule has 0 rings (SSSR count). The topological polar surface area (TPSA) is 77.5 Å². The van der Waals surface area contributed by atoms with Gasteiger partial charge in [0.25, 0.3) is 0 Å². The predicted octanol–water partition coefficient (Wildman–Crippen LogP) is 0.626. The standard InChI is InChI=1S/C6H8F2O5S2/c1-3-5(7)14(9,10)13-15(11,12)6(8)4-2/h3-6H,1-2H2. The molecule has 0 saturated heterocycles. The van der Waals surface area contributed by atoms with Crippen molar-refractivity contribution >= 4 is 20.2 Å². The van der Waals surface area contributed by atoms with Crippen LogP contribution < -0.4 is 0 Å². The maximum absolute atomic E-state index is 12.6. The third-order valence-corrected chi connectivity index (χ3v) is 4.12. The maximum atomic E-state index is 12.6. The Balaban J connectivity index is 5.06. The third kappa shape index (κ3) is 3.68. The van der Waals surface area contributed by atoms with Crippen LogP contribution in [0.25, 0.3) is 0 Å². The van der Waals surface area contributed by atoms with Gasteiger partial charge >= 0.3 is 20.2 Å². The van der Waals surface area contributed by atoms with Gasteiger partial charge in [-0.3, -0.25) is 0 Å². The monoisotopic (exact) mass is 262 g/mol. The molecule has 15 heavy (non-hydrogen) atoms. The van der Waals surface area contributed by atoms with E-state index in [1.807, 2.05) is 0 Å². The van der Waals surface area contributed by atoms with Crippen molar-refractivity contribution in [2.24, 2.45) is 0 Å². The Hall–Kier alpha value is -0.800. The summed E-state index contributed by atoms with van der Waals surface area (Å²) < 4.78 is 71.5. The second-order valence-electron chi connectivity index (χ2n) is 2.23. The van der Waals surface area contributed by atoms with Crippen LogP contribution in [-0.4, -0.2) is 27.8 Å². The Morgan fingerprint density at radius 1 is 0.933 bits per heavy atom. The number of halogens is 2. The van der Waals surface area contributed by atoms with Crippen molar-refractivity contribution < 1.29 is 29.2 Å². The molecule has 0 aliphatic heterocycles. The van der Waals surface area contributed by atoms with Crippen molar-refractivity contribution in [3.05, 3.63) is 25.3 Å². The molecule has 2 atom stereocenters. The van der Waals surface area contributed by atoms with Crippen molar-refractivity contribution in [1.29, 1.82) is 0 Å². The minimum absolute atomic E-state index is 0.298. The van der Waals surface area contributed by atoms with E-state index in [1.165, 1.54) is 0 Å². The van der Waals surface area contributed by atoms with Crippen LogP contribution in [0.5, 0.6) is 0 Å². The van der Waals surface area contributed by atoms with Crippen LogP contribution in [0.15, 0.2) is 25.3 Å². The fraction of sp³-hybridized carbons (Fsp3) is 0.333. The van der Waals surface area contributed by atoms with Gasteiger partial charge in [-0.05, 0) is 12.2 Å². The summed E-state index contributed by atoms with van der Waals surface area (Å²) in [7, 11) is -10.2. The quantitative estimate of drug-likeness (QED) is 0.656. The summed E-state index contributed by atoms with van der Waals surface area (Å²) in [6, 6.07) is 0. The van der Waals surface area contributed by atoms with Crippen molar-refractivity contribution in [3.63, 3.8) is 0 Å². The summed E-state index contributed by atoms with van der Waals surface area (Å²) in [5.41, 5.74) is -5.49. The molecular weight excluding hydrogens is 254 g/mol. The molecule has 0 aromatic carbocycles. The van der Waals surface area contributed by atoms with Gasteiger partial charge < -0.3 is 0 Å². The Kier molecular flexibility index (Phi) is 4.56. The molecule has 0 heterocycles. The van der Waals surface area contributed by atoms with Crippen molar-refractivity contribution in [1.82, 2.24) is 0 Å². The maximum Gasteiger partial charge on any atom is 0.318 e. The summed E-state index contributed by atoms with van der Waals surface area (Å²) in [5.74, 6) is 0. The molecule has 0 aliphatic rings. The average Bonchev–Trinajstić information content (AvgIpc) is 2.13. The van der Waals surface area contributed by atoms with Crippen LogP contribution >= 0.6 is 0 Å². The number of hydrogen-bond acceptors (Lipinski definition) is 5. The van der Waals surface area contributed by atoms with Crippen molar-refractivity contribution in [2.75, 3.05) is 0 Å². The summed E-state index contributed by atoms with van der Waals surface area (Å²) >= 11 is 0. The van der Waals surface area contributed by atoms with Crippen molar-refractivity contribution in [2.45, 2.75) is 11.0 Å². The molecule has 0 aliphatic carbocycles. The van der Waals surface area contributed by atoms with E-state index >= 15 is 0 Å². The highest BCUT2D eigenvalue weighted by molar-refractivity contribution is 8.00. The second-order valence-corrected chi connectivity index (χ2v) is 5.64. The van der Waals surface area contributed by atoms with Gasteiger partial charge in [0.1, 0.15) is 0 Å². The first-order valence-electron chi connectivity index (χ1n) is 3.39. The molecule has 0 saturated carbocycles. The van der Waals surface area contributed by atoms with E-state index in [0.29, 0.717) is 12.2 Å². The minimum Gasteiger partial charge on any atom is -0.223 e. The third-order valence-electron chi connectivity index (χ3n) is 1.11. The van der Waals surface area contributed by atoms with Crippen LogP contribution in [0.2, 0.25) is 0 Å². The summed E-state index contributed by atoms with van der Waals surface area (Å²) in [5, 5.41) is 0. The molecule has 0 N–H and O–H groups in total.